The molecule has 0 amide bonds. The van der Waals surface area contributed by atoms with E-state index in [0.29, 0.717) is 11.1 Å². The molecule has 0 aliphatic carbocycles. The number of benzene rings is 2. The summed E-state index contributed by atoms with van der Waals surface area (Å²) >= 11 is 0. The van der Waals surface area contributed by atoms with E-state index in [-0.39, 0.29) is 27.9 Å². The number of esters is 1. The first-order valence-corrected chi connectivity index (χ1v) is 9.63. The number of aliphatic hydroxyl groups is 3. The van der Waals surface area contributed by atoms with E-state index < -0.39 is 36.9 Å². The highest BCUT2D eigenvalue weighted by atomic mass is 16.8. The molecule has 10 heteroatoms. The molecule has 0 saturated carbocycles. The molecule has 168 valence electrons. The number of fused-ring (bicyclic) bond motifs is 1. The molecule has 2 aromatic carbocycles. The predicted molar refractivity (Wildman–Crippen MR) is 109 cm³/mol. The smallest absolute Gasteiger partial charge is 0.303 e. The van der Waals surface area contributed by atoms with E-state index in [2.05, 4.69) is 0 Å². The van der Waals surface area contributed by atoms with Crippen molar-refractivity contribution >= 4 is 16.9 Å². The third kappa shape index (κ3) is 4.16. The van der Waals surface area contributed by atoms with Crippen LogP contribution in [0.2, 0.25) is 0 Å². The summed E-state index contributed by atoms with van der Waals surface area (Å²) in [6.45, 7) is 1.11. The van der Waals surface area contributed by atoms with E-state index in [4.69, 9.17) is 18.6 Å². The van der Waals surface area contributed by atoms with Crippen LogP contribution >= 0.6 is 0 Å². The zero-order valence-electron chi connectivity index (χ0n) is 16.7. The number of aliphatic hydroxyl groups excluding tert-OH is 3. The Morgan fingerprint density at radius 3 is 2.44 bits per heavy atom. The molecule has 3 aromatic rings. The van der Waals surface area contributed by atoms with Crippen molar-refractivity contribution in [3.8, 4) is 22.6 Å². The van der Waals surface area contributed by atoms with Crippen molar-refractivity contribution < 1.29 is 43.8 Å². The summed E-state index contributed by atoms with van der Waals surface area (Å²) in [6.07, 6.45) is -6.69. The van der Waals surface area contributed by atoms with Crippen molar-refractivity contribution in [3.05, 3.63) is 59.0 Å². The topological polar surface area (TPSA) is 156 Å². The number of carbonyl (C=O) groups excluding carboxylic acids is 1. The molecule has 2 heterocycles. The first-order chi connectivity index (χ1) is 15.2. The van der Waals surface area contributed by atoms with Crippen LogP contribution in [0.1, 0.15) is 6.92 Å². The van der Waals surface area contributed by atoms with Gasteiger partial charge >= 0.3 is 5.97 Å². The second-order valence-corrected chi connectivity index (χ2v) is 7.25. The summed E-state index contributed by atoms with van der Waals surface area (Å²) in [5.41, 5.74) is 0.761. The molecule has 1 aromatic heterocycles. The zero-order valence-corrected chi connectivity index (χ0v) is 16.7. The third-order valence-electron chi connectivity index (χ3n) is 5.00. The molecule has 1 fully saturated rings. The summed E-state index contributed by atoms with van der Waals surface area (Å²) in [7, 11) is 0. The van der Waals surface area contributed by atoms with E-state index in [9.17, 15) is 30.0 Å². The molecule has 32 heavy (non-hydrogen) atoms. The number of hydrogen-bond acceptors (Lipinski definition) is 10. The molecular formula is C22H20O10. The maximum atomic E-state index is 12.9. The Bertz CT molecular complexity index is 1190. The third-order valence-corrected chi connectivity index (χ3v) is 5.00. The number of phenolic OH excluding ortho intramolecular Hbond substituents is 1. The number of carbonyl (C=O) groups is 1. The highest BCUT2D eigenvalue weighted by Gasteiger charge is 2.47. The molecule has 1 saturated heterocycles. The summed E-state index contributed by atoms with van der Waals surface area (Å²) in [4.78, 5) is 24.2. The molecule has 1 aliphatic heterocycles. The fraction of sp³-hybridized carbons (Fsp3) is 0.273. The fourth-order valence-electron chi connectivity index (χ4n) is 3.39. The standard InChI is InChI=1S/C22H20O10/c1-10(23)30-20-18(26)19(27)21(28)32-22(20)31-13-6-7-14-16(8-13)29-9-15(17(14)25)11-2-4-12(24)5-3-11/h2-9,18-22,24,26-28H,1H3/t18-,19+,20+,21?,22?/m0/s1. The van der Waals surface area contributed by atoms with Crippen LogP contribution in [0.5, 0.6) is 11.5 Å². The first-order valence-electron chi connectivity index (χ1n) is 9.63. The maximum absolute atomic E-state index is 12.9. The number of hydrogen-bond donors (Lipinski definition) is 4. The molecule has 0 spiro atoms. The SMILES string of the molecule is CC(=O)O[C@H]1C(Oc2ccc3c(=O)c(-c4ccc(O)cc4)coc3c2)OC(O)[C@H](O)[C@@H]1O. The van der Waals surface area contributed by atoms with Gasteiger partial charge in [-0.15, -0.1) is 0 Å². The first kappa shape index (κ1) is 21.8. The highest BCUT2D eigenvalue weighted by Crippen LogP contribution is 2.28. The Morgan fingerprint density at radius 2 is 1.75 bits per heavy atom. The average Bonchev–Trinajstić information content (AvgIpc) is 2.76. The minimum Gasteiger partial charge on any atom is -0.508 e. The second kappa shape index (κ2) is 8.60. The lowest BCUT2D eigenvalue weighted by molar-refractivity contribution is -0.323. The van der Waals surface area contributed by atoms with Gasteiger partial charge in [0.25, 0.3) is 0 Å². The largest absolute Gasteiger partial charge is 0.508 e. The number of phenols is 1. The molecule has 10 nitrogen and oxygen atoms in total. The molecule has 0 bridgehead atoms. The minimum atomic E-state index is -1.77. The molecule has 2 unspecified atom stereocenters. The predicted octanol–water partition coefficient (Wildman–Crippen LogP) is 0.873. The van der Waals surface area contributed by atoms with Crippen molar-refractivity contribution in [2.45, 2.75) is 37.8 Å². The van der Waals surface area contributed by atoms with Gasteiger partial charge in [-0.1, -0.05) is 12.1 Å². The van der Waals surface area contributed by atoms with Gasteiger partial charge in [0, 0.05) is 13.0 Å². The van der Waals surface area contributed by atoms with Gasteiger partial charge in [0.15, 0.2) is 17.8 Å². The van der Waals surface area contributed by atoms with Crippen LogP contribution in [0.4, 0.5) is 0 Å². The number of ether oxygens (including phenoxy) is 3. The molecular weight excluding hydrogens is 424 g/mol. The van der Waals surface area contributed by atoms with Crippen molar-refractivity contribution in [2.24, 2.45) is 0 Å². The Balaban J connectivity index is 1.63. The minimum absolute atomic E-state index is 0.0699. The van der Waals surface area contributed by atoms with Crippen LogP contribution < -0.4 is 10.2 Å². The summed E-state index contributed by atoms with van der Waals surface area (Å²) < 4.78 is 21.3. The zero-order chi connectivity index (χ0) is 23.0. The van der Waals surface area contributed by atoms with Gasteiger partial charge in [0.1, 0.15) is 35.6 Å². The van der Waals surface area contributed by atoms with Gasteiger partial charge in [-0.2, -0.15) is 0 Å². The van der Waals surface area contributed by atoms with Crippen LogP contribution in [0.3, 0.4) is 0 Å². The normalized spacial score (nSPS) is 25.4. The van der Waals surface area contributed by atoms with Gasteiger partial charge < -0.3 is 39.1 Å². The number of aromatic hydroxyl groups is 1. The second-order valence-electron chi connectivity index (χ2n) is 7.25. The Kier molecular flexibility index (Phi) is 5.85. The van der Waals surface area contributed by atoms with E-state index in [1.165, 1.54) is 36.6 Å². The van der Waals surface area contributed by atoms with Gasteiger partial charge in [0.05, 0.1) is 10.9 Å². The summed E-state index contributed by atoms with van der Waals surface area (Å²) in [5.74, 6) is -0.544. The Morgan fingerprint density at radius 1 is 1.03 bits per heavy atom. The molecule has 4 N–H and O–H groups in total. The van der Waals surface area contributed by atoms with Gasteiger partial charge in [-0.25, -0.2) is 0 Å². The monoisotopic (exact) mass is 444 g/mol. The molecule has 5 atom stereocenters. The van der Waals surface area contributed by atoms with Crippen molar-refractivity contribution in [2.75, 3.05) is 0 Å². The van der Waals surface area contributed by atoms with Crippen LogP contribution in [0.15, 0.2) is 57.9 Å². The summed E-state index contributed by atoms with van der Waals surface area (Å²) in [5, 5.41) is 39.4. The van der Waals surface area contributed by atoms with Crippen LogP contribution in [0.25, 0.3) is 22.1 Å². The lowest BCUT2D eigenvalue weighted by atomic mass is 10.0. The van der Waals surface area contributed by atoms with Gasteiger partial charge in [-0.3, -0.25) is 9.59 Å². The van der Waals surface area contributed by atoms with E-state index in [1.54, 1.807) is 12.1 Å². The maximum Gasteiger partial charge on any atom is 0.303 e. The van der Waals surface area contributed by atoms with Crippen molar-refractivity contribution in [3.63, 3.8) is 0 Å². The van der Waals surface area contributed by atoms with E-state index in [0.717, 1.165) is 6.92 Å². The van der Waals surface area contributed by atoms with Crippen LogP contribution in [0, 0.1) is 0 Å². The Labute approximate surface area is 180 Å². The van der Waals surface area contributed by atoms with Crippen molar-refractivity contribution in [1.82, 2.24) is 0 Å². The van der Waals surface area contributed by atoms with Crippen LogP contribution in [-0.4, -0.2) is 57.3 Å². The molecule has 1 aliphatic rings. The summed E-state index contributed by atoms with van der Waals surface area (Å²) in [6, 6.07) is 10.4. The fourth-order valence-corrected chi connectivity index (χ4v) is 3.39. The van der Waals surface area contributed by atoms with Crippen molar-refractivity contribution in [1.29, 1.82) is 0 Å². The number of rotatable bonds is 4. The van der Waals surface area contributed by atoms with Gasteiger partial charge in [0.2, 0.25) is 6.29 Å². The highest BCUT2D eigenvalue weighted by molar-refractivity contribution is 5.82. The Hall–Kier alpha value is -3.44. The lowest BCUT2D eigenvalue weighted by Gasteiger charge is -2.39. The molecule has 0 radical (unpaired) electrons. The lowest BCUT2D eigenvalue weighted by Crippen LogP contribution is -2.60. The van der Waals surface area contributed by atoms with Gasteiger partial charge in [-0.05, 0) is 29.8 Å². The molecule has 4 rings (SSSR count). The van der Waals surface area contributed by atoms with Crippen LogP contribution in [-0.2, 0) is 14.3 Å². The average molecular weight is 444 g/mol. The van der Waals surface area contributed by atoms with E-state index in [1.807, 2.05) is 0 Å². The quantitative estimate of drug-likeness (QED) is 0.426. The van der Waals surface area contributed by atoms with E-state index >= 15 is 0 Å².